The predicted molar refractivity (Wildman–Crippen MR) is 63.6 cm³/mol. The van der Waals surface area contributed by atoms with Crippen LogP contribution in [-0.4, -0.2) is 23.3 Å². The summed E-state index contributed by atoms with van der Waals surface area (Å²) in [6.45, 7) is 0. The minimum atomic E-state index is -1.17. The first-order chi connectivity index (χ1) is 7.61. The molecule has 0 unspecified atom stereocenters. The van der Waals surface area contributed by atoms with Gasteiger partial charge in [0.1, 0.15) is 5.75 Å². The monoisotopic (exact) mass is 240 g/mol. The lowest BCUT2D eigenvalue weighted by Crippen LogP contribution is -2.40. The van der Waals surface area contributed by atoms with Gasteiger partial charge in [0.25, 0.3) is 0 Å². The third-order valence-electron chi connectivity index (χ3n) is 1.81. The van der Waals surface area contributed by atoms with Crippen molar-refractivity contribution in [3.05, 3.63) is 29.8 Å². The van der Waals surface area contributed by atoms with Crippen molar-refractivity contribution in [2.45, 2.75) is 6.42 Å². The van der Waals surface area contributed by atoms with Gasteiger partial charge in [0.15, 0.2) is 0 Å². The Morgan fingerprint density at radius 1 is 1.50 bits per heavy atom. The van der Waals surface area contributed by atoms with E-state index >= 15 is 0 Å². The fraction of sp³-hybridized carbons (Fsp3) is 0.200. The standard InChI is InChI=1S/C10H12N2O3S/c1-15-8-4-2-3-7(5-8)6-9(16)11-12-10(13)14/h2-5,12H,6H2,1H3,(H,11,16)(H,13,14). The summed E-state index contributed by atoms with van der Waals surface area (Å²) < 4.78 is 5.06. The van der Waals surface area contributed by atoms with Crippen LogP contribution < -0.4 is 15.6 Å². The Bertz CT molecular complexity index is 395. The van der Waals surface area contributed by atoms with Gasteiger partial charge in [0.05, 0.1) is 12.1 Å². The van der Waals surface area contributed by atoms with Crippen molar-refractivity contribution in [2.24, 2.45) is 0 Å². The number of carboxylic acid groups (broad SMARTS) is 1. The van der Waals surface area contributed by atoms with Crippen LogP contribution in [0.15, 0.2) is 24.3 Å². The highest BCUT2D eigenvalue weighted by Crippen LogP contribution is 2.12. The minimum Gasteiger partial charge on any atom is -0.497 e. The maximum absolute atomic E-state index is 10.2. The summed E-state index contributed by atoms with van der Waals surface area (Å²) >= 11 is 4.96. The Morgan fingerprint density at radius 2 is 2.25 bits per heavy atom. The molecule has 5 nitrogen and oxygen atoms in total. The molecule has 0 aromatic heterocycles. The zero-order chi connectivity index (χ0) is 12.0. The van der Waals surface area contributed by atoms with E-state index < -0.39 is 6.09 Å². The minimum absolute atomic E-state index is 0.399. The molecule has 0 heterocycles. The van der Waals surface area contributed by atoms with E-state index in [4.69, 9.17) is 22.1 Å². The SMILES string of the molecule is COc1cccc(CC(=S)NNC(=O)O)c1. The molecule has 6 heteroatoms. The molecule has 0 bridgehead atoms. The molecule has 86 valence electrons. The molecule has 0 spiro atoms. The predicted octanol–water partition coefficient (Wildman–Crippen LogP) is 1.34. The van der Waals surface area contributed by atoms with Gasteiger partial charge >= 0.3 is 6.09 Å². The maximum atomic E-state index is 10.2. The highest BCUT2D eigenvalue weighted by atomic mass is 32.1. The van der Waals surface area contributed by atoms with Gasteiger partial charge in [-0.15, -0.1) is 0 Å². The normalized spacial score (nSPS) is 9.31. The molecule has 3 N–H and O–H groups in total. The van der Waals surface area contributed by atoms with E-state index in [0.717, 1.165) is 11.3 Å². The maximum Gasteiger partial charge on any atom is 0.423 e. The molecule has 0 aliphatic rings. The lowest BCUT2D eigenvalue weighted by atomic mass is 10.1. The molecular formula is C10H12N2O3S. The molecule has 0 saturated carbocycles. The number of ether oxygens (including phenoxy) is 1. The third-order valence-corrected chi connectivity index (χ3v) is 2.05. The van der Waals surface area contributed by atoms with Gasteiger partial charge in [0, 0.05) is 6.42 Å². The van der Waals surface area contributed by atoms with Crippen molar-refractivity contribution in [3.63, 3.8) is 0 Å². The Morgan fingerprint density at radius 3 is 2.88 bits per heavy atom. The summed E-state index contributed by atoms with van der Waals surface area (Å²) in [7, 11) is 1.58. The number of hydrazine groups is 1. The number of amides is 1. The van der Waals surface area contributed by atoms with E-state index in [0.29, 0.717) is 11.4 Å². The lowest BCUT2D eigenvalue weighted by Gasteiger charge is -2.07. The fourth-order valence-electron chi connectivity index (χ4n) is 1.14. The second kappa shape index (κ2) is 5.92. The Labute approximate surface area is 98.4 Å². The average molecular weight is 240 g/mol. The molecule has 1 amide bonds. The summed E-state index contributed by atoms with van der Waals surface area (Å²) in [5, 5.41) is 8.36. The van der Waals surface area contributed by atoms with Gasteiger partial charge in [-0.25, -0.2) is 10.2 Å². The van der Waals surface area contributed by atoms with Gasteiger partial charge in [-0.05, 0) is 17.7 Å². The number of methoxy groups -OCH3 is 1. The Kier molecular flexibility index (Phi) is 4.53. The van der Waals surface area contributed by atoms with Crippen LogP contribution in [-0.2, 0) is 6.42 Å². The summed E-state index contributed by atoms with van der Waals surface area (Å²) in [5.74, 6) is 0.742. The summed E-state index contributed by atoms with van der Waals surface area (Å²) in [6.07, 6.45) is -0.722. The van der Waals surface area contributed by atoms with Crippen LogP contribution in [0.3, 0.4) is 0 Å². The van der Waals surface area contributed by atoms with Gasteiger partial charge in [-0.3, -0.25) is 5.43 Å². The van der Waals surface area contributed by atoms with E-state index in [1.54, 1.807) is 7.11 Å². The summed E-state index contributed by atoms with van der Waals surface area (Å²) in [4.78, 5) is 10.6. The van der Waals surface area contributed by atoms with Crippen molar-refractivity contribution in [1.29, 1.82) is 0 Å². The summed E-state index contributed by atoms with van der Waals surface area (Å²) in [6, 6.07) is 7.41. The second-order valence-electron chi connectivity index (χ2n) is 3.01. The van der Waals surface area contributed by atoms with Crippen LogP contribution in [0.5, 0.6) is 5.75 Å². The van der Waals surface area contributed by atoms with Crippen LogP contribution in [0.1, 0.15) is 5.56 Å². The molecule has 1 aromatic rings. The van der Waals surface area contributed by atoms with E-state index in [2.05, 4.69) is 5.43 Å². The van der Waals surface area contributed by atoms with Gasteiger partial charge in [-0.1, -0.05) is 24.4 Å². The van der Waals surface area contributed by atoms with Gasteiger partial charge < -0.3 is 9.84 Å². The topological polar surface area (TPSA) is 70.6 Å². The number of nitrogens with one attached hydrogen (secondary N) is 2. The van der Waals surface area contributed by atoms with Crippen LogP contribution in [0, 0.1) is 0 Å². The van der Waals surface area contributed by atoms with Crippen LogP contribution in [0.25, 0.3) is 0 Å². The number of hydrogen-bond donors (Lipinski definition) is 3. The van der Waals surface area contributed by atoms with Crippen LogP contribution in [0.4, 0.5) is 4.79 Å². The molecule has 0 saturated heterocycles. The van der Waals surface area contributed by atoms with Crippen molar-refractivity contribution in [2.75, 3.05) is 7.11 Å². The largest absolute Gasteiger partial charge is 0.497 e. The molecule has 16 heavy (non-hydrogen) atoms. The van der Waals surface area contributed by atoms with E-state index in [-0.39, 0.29) is 0 Å². The van der Waals surface area contributed by atoms with E-state index in [1.807, 2.05) is 29.7 Å². The second-order valence-corrected chi connectivity index (χ2v) is 3.50. The van der Waals surface area contributed by atoms with E-state index in [9.17, 15) is 4.79 Å². The number of thiocarbonyl (C=S) groups is 1. The fourth-order valence-corrected chi connectivity index (χ4v) is 1.35. The van der Waals surface area contributed by atoms with E-state index in [1.165, 1.54) is 0 Å². The number of rotatable bonds is 3. The number of carbonyl (C=O) groups is 1. The highest BCUT2D eigenvalue weighted by Gasteiger charge is 2.01. The molecule has 0 radical (unpaired) electrons. The van der Waals surface area contributed by atoms with Crippen molar-refractivity contribution < 1.29 is 14.6 Å². The molecule has 0 aliphatic heterocycles. The van der Waals surface area contributed by atoms with Crippen molar-refractivity contribution in [3.8, 4) is 5.75 Å². The average Bonchev–Trinajstić information content (AvgIpc) is 2.26. The quantitative estimate of drug-likeness (QED) is 0.549. The van der Waals surface area contributed by atoms with Crippen molar-refractivity contribution in [1.82, 2.24) is 10.9 Å². The molecule has 0 atom stereocenters. The highest BCUT2D eigenvalue weighted by molar-refractivity contribution is 7.80. The first-order valence-corrected chi connectivity index (χ1v) is 4.93. The number of hydrogen-bond acceptors (Lipinski definition) is 3. The zero-order valence-corrected chi connectivity index (χ0v) is 9.50. The molecule has 0 fully saturated rings. The van der Waals surface area contributed by atoms with Gasteiger partial charge in [0.2, 0.25) is 0 Å². The molecule has 1 aromatic carbocycles. The number of benzene rings is 1. The van der Waals surface area contributed by atoms with Crippen LogP contribution >= 0.6 is 12.2 Å². The smallest absolute Gasteiger partial charge is 0.423 e. The Balaban J connectivity index is 2.52. The van der Waals surface area contributed by atoms with Crippen LogP contribution in [0.2, 0.25) is 0 Å². The molecule has 0 aliphatic carbocycles. The lowest BCUT2D eigenvalue weighted by molar-refractivity contribution is 0.192. The Hall–Kier alpha value is -1.82. The first-order valence-electron chi connectivity index (χ1n) is 4.52. The zero-order valence-electron chi connectivity index (χ0n) is 8.69. The third kappa shape index (κ3) is 4.14. The van der Waals surface area contributed by atoms with Gasteiger partial charge in [-0.2, -0.15) is 0 Å². The molecular weight excluding hydrogens is 228 g/mol. The summed E-state index contributed by atoms with van der Waals surface area (Å²) in [5.41, 5.74) is 5.35. The molecule has 1 rings (SSSR count). The van der Waals surface area contributed by atoms with Crippen molar-refractivity contribution >= 4 is 23.3 Å². The first kappa shape index (κ1) is 12.3.